The molecule has 5 nitrogen and oxygen atoms in total. The summed E-state index contributed by atoms with van der Waals surface area (Å²) in [5, 5.41) is 9.24. The van der Waals surface area contributed by atoms with E-state index in [1.54, 1.807) is 18.2 Å². The van der Waals surface area contributed by atoms with E-state index in [-0.39, 0.29) is 11.3 Å². The summed E-state index contributed by atoms with van der Waals surface area (Å²) >= 11 is 4.83. The molecule has 1 fully saturated rings. The van der Waals surface area contributed by atoms with Crippen molar-refractivity contribution in [2.75, 3.05) is 11.5 Å². The van der Waals surface area contributed by atoms with Gasteiger partial charge in [0.1, 0.15) is 6.04 Å². The summed E-state index contributed by atoms with van der Waals surface area (Å²) in [5.41, 5.74) is 6.65. The number of benzene rings is 1. The maximum absolute atomic E-state index is 12.7. The molecule has 2 unspecified atom stereocenters. The van der Waals surface area contributed by atoms with Crippen molar-refractivity contribution in [2.24, 2.45) is 0 Å². The van der Waals surface area contributed by atoms with Crippen LogP contribution in [0.5, 0.6) is 0 Å². The van der Waals surface area contributed by atoms with E-state index in [1.807, 2.05) is 6.92 Å². The van der Waals surface area contributed by atoms with Crippen molar-refractivity contribution in [3.05, 3.63) is 28.2 Å². The average Bonchev–Trinajstić information content (AvgIpc) is 2.81. The molecule has 1 aliphatic rings. The number of nitrogens with zero attached hydrogens (tertiary/aromatic N) is 1. The van der Waals surface area contributed by atoms with Crippen LogP contribution in [0.15, 0.2) is 22.7 Å². The maximum Gasteiger partial charge on any atom is 0.327 e. The van der Waals surface area contributed by atoms with E-state index in [0.29, 0.717) is 21.5 Å². The Labute approximate surface area is 136 Å². The highest BCUT2D eigenvalue weighted by molar-refractivity contribution is 9.10. The number of nitrogen functional groups attached to an aromatic ring is 1. The lowest BCUT2D eigenvalue weighted by atomic mass is 10.1. The summed E-state index contributed by atoms with van der Waals surface area (Å²) < 4.78 is 0.705. The van der Waals surface area contributed by atoms with Crippen LogP contribution in [0.1, 0.15) is 30.1 Å². The number of thioether (sulfide) groups is 1. The van der Waals surface area contributed by atoms with Crippen molar-refractivity contribution >= 4 is 45.3 Å². The molecule has 114 valence electrons. The fraction of sp³-hybridized carbons (Fsp3) is 0.429. The number of carbonyl (C=O) groups excluding carboxylic acids is 1. The van der Waals surface area contributed by atoms with Gasteiger partial charge in [0.05, 0.1) is 5.37 Å². The minimum absolute atomic E-state index is 0.0937. The largest absolute Gasteiger partial charge is 0.480 e. The van der Waals surface area contributed by atoms with Gasteiger partial charge in [0.15, 0.2) is 0 Å². The molecule has 0 bridgehead atoms. The summed E-state index contributed by atoms with van der Waals surface area (Å²) in [6.07, 6.45) is 1.68. The SMILES string of the molecule is CCCC1SCC(C(=O)O)N1C(=O)c1cc(N)cc(Br)c1. The van der Waals surface area contributed by atoms with Crippen molar-refractivity contribution in [1.29, 1.82) is 0 Å². The van der Waals surface area contributed by atoms with Crippen LogP contribution in [0.3, 0.4) is 0 Å². The number of aliphatic carboxylic acids is 1. The number of carboxylic acid groups (broad SMARTS) is 1. The van der Waals surface area contributed by atoms with Gasteiger partial charge in [-0.3, -0.25) is 4.79 Å². The van der Waals surface area contributed by atoms with Crippen LogP contribution in [-0.4, -0.2) is 39.1 Å². The first-order valence-electron chi connectivity index (χ1n) is 6.67. The molecule has 1 saturated heterocycles. The standard InChI is InChI=1S/C14H17BrN2O3S/c1-2-3-12-17(11(7-21-12)14(19)20)13(18)8-4-9(15)6-10(16)5-8/h4-6,11-12H,2-3,7,16H2,1H3,(H,19,20). The number of amides is 1. The monoisotopic (exact) mass is 372 g/mol. The van der Waals surface area contributed by atoms with Crippen LogP contribution >= 0.6 is 27.7 Å². The third-order valence-corrected chi connectivity index (χ3v) is 5.13. The molecule has 0 aliphatic carbocycles. The van der Waals surface area contributed by atoms with Gasteiger partial charge in [-0.15, -0.1) is 11.8 Å². The van der Waals surface area contributed by atoms with E-state index in [0.717, 1.165) is 12.8 Å². The molecule has 21 heavy (non-hydrogen) atoms. The van der Waals surface area contributed by atoms with Gasteiger partial charge in [0.2, 0.25) is 0 Å². The molecule has 7 heteroatoms. The fourth-order valence-corrected chi connectivity index (χ4v) is 4.40. The number of halogens is 1. The van der Waals surface area contributed by atoms with Gasteiger partial charge in [-0.1, -0.05) is 29.3 Å². The zero-order chi connectivity index (χ0) is 15.6. The highest BCUT2D eigenvalue weighted by atomic mass is 79.9. The second-order valence-corrected chi connectivity index (χ2v) is 7.04. The van der Waals surface area contributed by atoms with E-state index >= 15 is 0 Å². The summed E-state index contributed by atoms with van der Waals surface area (Å²) in [5.74, 6) is -0.814. The number of anilines is 1. The molecule has 2 rings (SSSR count). The number of hydrogen-bond acceptors (Lipinski definition) is 4. The van der Waals surface area contributed by atoms with E-state index in [2.05, 4.69) is 15.9 Å². The van der Waals surface area contributed by atoms with Gasteiger partial charge in [0.25, 0.3) is 5.91 Å². The van der Waals surface area contributed by atoms with E-state index in [1.165, 1.54) is 16.7 Å². The minimum atomic E-state index is -0.961. The van der Waals surface area contributed by atoms with Gasteiger partial charge < -0.3 is 15.7 Å². The molecule has 1 amide bonds. The topological polar surface area (TPSA) is 83.6 Å². The van der Waals surface area contributed by atoms with Crippen molar-refractivity contribution < 1.29 is 14.7 Å². The second kappa shape index (κ2) is 6.70. The molecule has 3 N–H and O–H groups in total. The molecule has 1 heterocycles. The Kier molecular flexibility index (Phi) is 5.16. The Morgan fingerprint density at radius 3 is 2.76 bits per heavy atom. The van der Waals surface area contributed by atoms with Gasteiger partial charge in [-0.2, -0.15) is 0 Å². The third-order valence-electron chi connectivity index (χ3n) is 3.31. The van der Waals surface area contributed by atoms with Crippen LogP contribution in [0.4, 0.5) is 5.69 Å². The summed E-state index contributed by atoms with van der Waals surface area (Å²) in [4.78, 5) is 25.6. The highest BCUT2D eigenvalue weighted by Crippen LogP contribution is 2.34. The Morgan fingerprint density at radius 2 is 2.19 bits per heavy atom. The third kappa shape index (κ3) is 3.52. The van der Waals surface area contributed by atoms with Crippen molar-refractivity contribution in [1.82, 2.24) is 4.90 Å². The summed E-state index contributed by atoms with van der Waals surface area (Å²) in [7, 11) is 0. The van der Waals surface area contributed by atoms with Crippen molar-refractivity contribution in [3.63, 3.8) is 0 Å². The van der Waals surface area contributed by atoms with Crippen LogP contribution in [0, 0.1) is 0 Å². The normalized spacial score (nSPS) is 21.5. The van der Waals surface area contributed by atoms with Crippen LogP contribution in [0.2, 0.25) is 0 Å². The quantitative estimate of drug-likeness (QED) is 0.793. The number of rotatable bonds is 4. The van der Waals surface area contributed by atoms with E-state index in [4.69, 9.17) is 5.73 Å². The molecule has 1 aromatic carbocycles. The van der Waals surface area contributed by atoms with E-state index in [9.17, 15) is 14.7 Å². The Balaban J connectivity index is 2.34. The number of nitrogens with two attached hydrogens (primary N) is 1. The second-order valence-electron chi connectivity index (χ2n) is 4.92. The van der Waals surface area contributed by atoms with Gasteiger partial charge in [0, 0.05) is 21.5 Å². The molecule has 0 aromatic heterocycles. The molecular weight excluding hydrogens is 356 g/mol. The number of carboxylic acids is 1. The Morgan fingerprint density at radius 1 is 1.48 bits per heavy atom. The van der Waals surface area contributed by atoms with Crippen molar-refractivity contribution in [3.8, 4) is 0 Å². The minimum Gasteiger partial charge on any atom is -0.480 e. The fourth-order valence-electron chi connectivity index (χ4n) is 2.38. The lowest BCUT2D eigenvalue weighted by Crippen LogP contribution is -2.45. The van der Waals surface area contributed by atoms with Gasteiger partial charge in [-0.05, 0) is 24.6 Å². The molecule has 1 aliphatic heterocycles. The molecule has 0 radical (unpaired) electrons. The van der Waals surface area contributed by atoms with Crippen molar-refractivity contribution in [2.45, 2.75) is 31.2 Å². The van der Waals surface area contributed by atoms with Crippen LogP contribution < -0.4 is 5.73 Å². The first kappa shape index (κ1) is 16.2. The highest BCUT2D eigenvalue weighted by Gasteiger charge is 2.41. The number of carbonyl (C=O) groups is 2. The lowest BCUT2D eigenvalue weighted by Gasteiger charge is -2.27. The molecule has 1 aromatic rings. The van der Waals surface area contributed by atoms with Gasteiger partial charge >= 0.3 is 5.97 Å². The first-order chi connectivity index (χ1) is 9.93. The smallest absolute Gasteiger partial charge is 0.327 e. The molecule has 0 spiro atoms. The lowest BCUT2D eigenvalue weighted by molar-refractivity contribution is -0.141. The zero-order valence-corrected chi connectivity index (χ0v) is 14.0. The van der Waals surface area contributed by atoms with Gasteiger partial charge in [-0.25, -0.2) is 4.79 Å². The zero-order valence-electron chi connectivity index (χ0n) is 11.6. The predicted octanol–water partition coefficient (Wildman–Crippen LogP) is 2.80. The Hall–Kier alpha value is -1.21. The number of hydrogen-bond donors (Lipinski definition) is 2. The predicted molar refractivity (Wildman–Crippen MR) is 87.3 cm³/mol. The summed E-state index contributed by atoms with van der Waals surface area (Å²) in [6.45, 7) is 2.02. The van der Waals surface area contributed by atoms with E-state index < -0.39 is 12.0 Å². The van der Waals surface area contributed by atoms with Crippen LogP contribution in [0.25, 0.3) is 0 Å². The molecule has 0 saturated carbocycles. The maximum atomic E-state index is 12.7. The van der Waals surface area contributed by atoms with Crippen LogP contribution in [-0.2, 0) is 4.79 Å². The molecule has 2 atom stereocenters. The first-order valence-corrected chi connectivity index (χ1v) is 8.51. The average molecular weight is 373 g/mol. The molecular formula is C14H17BrN2O3S. The Bertz CT molecular complexity index is 547. The summed E-state index contributed by atoms with van der Waals surface area (Å²) in [6, 6.07) is 4.18.